The fourth-order valence-corrected chi connectivity index (χ4v) is 13.5. The summed E-state index contributed by atoms with van der Waals surface area (Å²) in [5.74, 6) is 27.1. The van der Waals surface area contributed by atoms with Crippen LogP contribution in [0.3, 0.4) is 0 Å². The molecule has 6 aromatic heterocycles. The molecule has 0 aromatic carbocycles. The number of hydrogen-bond donors (Lipinski definition) is 2. The van der Waals surface area contributed by atoms with Crippen molar-refractivity contribution in [2.75, 3.05) is 0 Å². The molecule has 2 aliphatic heterocycles. The van der Waals surface area contributed by atoms with Gasteiger partial charge in [0.05, 0.1) is 38.1 Å². The van der Waals surface area contributed by atoms with Crippen LogP contribution in [0, 0.1) is 47.4 Å². The number of allylic oxidation sites excluding steroid dienone is 4. The second-order valence-corrected chi connectivity index (χ2v) is 22.0. The molecule has 0 atom stereocenters. The smallest absolute Gasteiger partial charge is 0.0851 e. The molecule has 7 heteroatoms. The first-order valence-electron chi connectivity index (χ1n) is 28.7. The number of nitrogens with one attached hydrogen (secondary N) is 2. The minimum atomic E-state index is 0.835. The standard InChI is InChI=1S/C69H77N5S2/c1-11-21-23-25-32-47-41-66(75-64(47)35-29-27-31-46-37-39-70-40-38-46)67-42-48(33-26-24-22-12-2)65(76-67)36-30-28-34-57-68-55(19-9)53(17-7)62(73-68)44-60-51(15-5)49(13-3)58(71-60)43-59-50(14-4)52(16-6)61(72-59)45-63-54(18-8)56(20-10)69(57)74-63/h37-45,71-72H,11-26,32-33H2,1-10H3. The van der Waals surface area contributed by atoms with E-state index in [9.17, 15) is 0 Å². The number of unbranched alkanes of at least 4 members (excludes halogenated alkanes) is 6. The van der Waals surface area contributed by atoms with Crippen molar-refractivity contribution in [3.05, 3.63) is 132 Å². The summed E-state index contributed by atoms with van der Waals surface area (Å²) in [5.41, 5.74) is 23.4. The van der Waals surface area contributed by atoms with Crippen molar-refractivity contribution in [1.29, 1.82) is 0 Å². The van der Waals surface area contributed by atoms with E-state index in [0.717, 1.165) is 132 Å². The van der Waals surface area contributed by atoms with Gasteiger partial charge in [-0.1, -0.05) is 114 Å². The predicted octanol–water partition coefficient (Wildman–Crippen LogP) is 18.3. The van der Waals surface area contributed by atoms with Crippen LogP contribution in [-0.2, 0) is 38.5 Å². The van der Waals surface area contributed by atoms with E-state index in [2.05, 4.69) is 162 Å². The fraction of sp³-hybridized carbons (Fsp3) is 0.406. The van der Waals surface area contributed by atoms with E-state index in [1.54, 1.807) is 35.1 Å². The van der Waals surface area contributed by atoms with Crippen LogP contribution in [0.25, 0.3) is 54.1 Å². The number of pyridine rings is 1. The van der Waals surface area contributed by atoms with Crippen molar-refractivity contribution in [2.45, 2.75) is 185 Å². The Morgan fingerprint density at radius 2 is 0.829 bits per heavy atom. The Bertz CT molecular complexity index is 3450. The largest absolute Gasteiger partial charge is 0.355 e. The number of hydrogen-bond acceptors (Lipinski definition) is 5. The summed E-state index contributed by atoms with van der Waals surface area (Å²) < 4.78 is 0. The van der Waals surface area contributed by atoms with E-state index in [4.69, 9.17) is 9.97 Å². The van der Waals surface area contributed by atoms with E-state index >= 15 is 0 Å². The van der Waals surface area contributed by atoms with Crippen molar-refractivity contribution in [2.24, 2.45) is 0 Å². The summed E-state index contributed by atoms with van der Waals surface area (Å²) in [6.45, 7) is 22.7. The SMILES string of the molecule is CCCCCCc1cc(-c2cc(CCCCCC)c(C#CC#Cc3c4nc(cc5[nH]c(cc6[nH]c(cc7nc3C(CC)=C7CC)c(CC)c6CC)c(CC)c5CC)C(CC)=C4CC)s2)sc1C#CC#Cc1ccncc1. The van der Waals surface area contributed by atoms with Gasteiger partial charge < -0.3 is 9.97 Å². The van der Waals surface area contributed by atoms with Gasteiger partial charge in [0, 0.05) is 49.8 Å². The number of aryl methyl sites for hydroxylation is 6. The zero-order valence-corrected chi connectivity index (χ0v) is 48.7. The number of aromatic nitrogens is 5. The number of thiophene rings is 2. The molecule has 0 saturated carbocycles. The van der Waals surface area contributed by atoms with Crippen LogP contribution >= 0.6 is 22.7 Å². The molecule has 0 radical (unpaired) electrons. The lowest BCUT2D eigenvalue weighted by Gasteiger charge is -2.08. The third-order valence-electron chi connectivity index (χ3n) is 15.1. The second kappa shape index (κ2) is 26.9. The van der Waals surface area contributed by atoms with Gasteiger partial charge in [-0.2, -0.15) is 0 Å². The van der Waals surface area contributed by atoms with E-state index < -0.39 is 0 Å². The van der Waals surface area contributed by atoms with Gasteiger partial charge in [-0.15, -0.1) is 22.7 Å². The van der Waals surface area contributed by atoms with Crippen LogP contribution in [0.4, 0.5) is 0 Å². The van der Waals surface area contributed by atoms with Crippen molar-refractivity contribution in [1.82, 2.24) is 24.9 Å². The van der Waals surface area contributed by atoms with Gasteiger partial charge >= 0.3 is 0 Å². The Hall–Kier alpha value is -6.61. The van der Waals surface area contributed by atoms with E-state index in [-0.39, 0.29) is 0 Å². The average Bonchev–Trinajstić information content (AvgIpc) is 4.31. The summed E-state index contributed by atoms with van der Waals surface area (Å²) in [5, 5.41) is 0. The molecule has 0 aliphatic carbocycles. The van der Waals surface area contributed by atoms with Crippen molar-refractivity contribution < 1.29 is 0 Å². The molecule has 0 unspecified atom stereocenters. The van der Waals surface area contributed by atoms with Crippen LogP contribution in [-0.4, -0.2) is 24.9 Å². The van der Waals surface area contributed by atoms with Crippen molar-refractivity contribution in [3.8, 4) is 57.1 Å². The third kappa shape index (κ3) is 12.3. The highest BCUT2D eigenvalue weighted by Gasteiger charge is 2.27. The van der Waals surface area contributed by atoms with Crippen molar-refractivity contribution >= 4 is 67.0 Å². The zero-order valence-electron chi connectivity index (χ0n) is 47.1. The monoisotopic (exact) mass is 1040 g/mol. The highest BCUT2D eigenvalue weighted by molar-refractivity contribution is 7.22. The number of aromatic amines is 2. The normalized spacial score (nSPS) is 12.0. The number of nitrogens with zero attached hydrogens (tertiary/aromatic N) is 3. The fourth-order valence-electron chi connectivity index (χ4n) is 11.3. The lowest BCUT2D eigenvalue weighted by atomic mass is 9.94. The maximum absolute atomic E-state index is 5.62. The maximum atomic E-state index is 5.62. The lowest BCUT2D eigenvalue weighted by Crippen LogP contribution is -1.95. The minimum absolute atomic E-state index is 0.835. The quantitative estimate of drug-likeness (QED) is 0.0627. The van der Waals surface area contributed by atoms with Crippen LogP contribution in [0.5, 0.6) is 0 Å². The summed E-state index contributed by atoms with van der Waals surface area (Å²) in [6.07, 6.45) is 22.3. The number of H-pyrrole nitrogens is 2. The van der Waals surface area contributed by atoms with Crippen LogP contribution in [0.1, 0.15) is 223 Å². The van der Waals surface area contributed by atoms with Gasteiger partial charge in [-0.05, 0) is 217 Å². The van der Waals surface area contributed by atoms with Crippen LogP contribution in [0.2, 0.25) is 0 Å². The molecule has 8 bridgehead atoms. The Morgan fingerprint density at radius 3 is 1.24 bits per heavy atom. The Balaban J connectivity index is 1.32. The zero-order chi connectivity index (χ0) is 53.6. The van der Waals surface area contributed by atoms with E-state index in [1.807, 2.05) is 12.1 Å². The van der Waals surface area contributed by atoms with Crippen molar-refractivity contribution in [3.63, 3.8) is 0 Å². The number of rotatable bonds is 19. The predicted molar refractivity (Wildman–Crippen MR) is 328 cm³/mol. The average molecular weight is 1040 g/mol. The highest BCUT2D eigenvalue weighted by atomic mass is 32.1. The van der Waals surface area contributed by atoms with E-state index in [0.29, 0.717) is 0 Å². The number of fused-ring (bicyclic) bond motifs is 8. The highest BCUT2D eigenvalue weighted by Crippen LogP contribution is 2.43. The van der Waals surface area contributed by atoms with E-state index in [1.165, 1.54) is 115 Å². The summed E-state index contributed by atoms with van der Waals surface area (Å²) in [6, 6.07) is 15.6. The first-order valence-corrected chi connectivity index (χ1v) is 30.3. The molecule has 8 heterocycles. The van der Waals surface area contributed by atoms with Gasteiger partial charge in [0.1, 0.15) is 0 Å². The maximum Gasteiger partial charge on any atom is 0.0851 e. The Kier molecular flexibility index (Phi) is 19.7. The molecule has 0 amide bonds. The summed E-state index contributed by atoms with van der Waals surface area (Å²) in [7, 11) is 0. The minimum Gasteiger partial charge on any atom is -0.355 e. The van der Waals surface area contributed by atoms with Gasteiger partial charge in [0.2, 0.25) is 0 Å². The van der Waals surface area contributed by atoms with Gasteiger partial charge in [0.25, 0.3) is 0 Å². The first-order chi connectivity index (χ1) is 37.3. The molecular formula is C69H77N5S2. The first kappa shape index (κ1) is 55.6. The lowest BCUT2D eigenvalue weighted by molar-refractivity contribution is 0.667. The van der Waals surface area contributed by atoms with Gasteiger partial charge in [-0.25, -0.2) is 9.97 Å². The molecule has 5 nitrogen and oxygen atoms in total. The molecular weight excluding hydrogens is 963 g/mol. The molecule has 0 saturated heterocycles. The topological polar surface area (TPSA) is 70.2 Å². The second-order valence-electron chi connectivity index (χ2n) is 19.8. The van der Waals surface area contributed by atoms with Gasteiger partial charge in [-0.3, -0.25) is 4.98 Å². The molecule has 0 fully saturated rings. The summed E-state index contributed by atoms with van der Waals surface area (Å²) >= 11 is 3.58. The van der Waals surface area contributed by atoms with Gasteiger partial charge in [0.15, 0.2) is 0 Å². The summed E-state index contributed by atoms with van der Waals surface area (Å²) in [4.78, 5) is 27.9. The Labute approximate surface area is 463 Å². The molecule has 2 N–H and O–H groups in total. The van der Waals surface area contributed by atoms with Crippen LogP contribution in [0.15, 0.2) is 54.9 Å². The van der Waals surface area contributed by atoms with Crippen LogP contribution < -0.4 is 0 Å². The molecule has 76 heavy (non-hydrogen) atoms. The molecule has 2 aliphatic rings. The third-order valence-corrected chi connectivity index (χ3v) is 17.5. The Morgan fingerprint density at radius 1 is 0.421 bits per heavy atom. The molecule has 6 aromatic rings. The molecule has 0 spiro atoms. The molecule has 8 rings (SSSR count). The molecule has 390 valence electrons.